The molecule has 3 aliphatic carbocycles. The van der Waals surface area contributed by atoms with Crippen molar-refractivity contribution in [2.24, 2.45) is 23.2 Å². The van der Waals surface area contributed by atoms with Crippen LogP contribution in [0, 0.1) is 23.2 Å². The number of hydrogen-bond donors (Lipinski definition) is 2. The number of alkyl halides is 1. The Morgan fingerprint density at radius 2 is 1.89 bits per heavy atom. The van der Waals surface area contributed by atoms with Crippen LogP contribution in [0.25, 0.3) is 0 Å². The third-order valence-corrected chi connectivity index (χ3v) is 10.1. The maximum atomic E-state index is 15.9. The van der Waals surface area contributed by atoms with Gasteiger partial charge in [-0.2, -0.15) is 0 Å². The highest BCUT2D eigenvalue weighted by atomic mass is 19.1. The number of halogens is 1. The molecule has 0 heterocycles. The molecular formula is C33H44FNO3. The van der Waals surface area contributed by atoms with Gasteiger partial charge in [-0.3, -0.25) is 4.79 Å². The average molecular weight is 522 g/mol. The molecule has 0 radical (unpaired) electrons. The molecule has 0 unspecified atom stereocenters. The predicted octanol–water partition coefficient (Wildman–Crippen LogP) is 6.78. The molecule has 0 saturated heterocycles. The van der Waals surface area contributed by atoms with Gasteiger partial charge in [0.2, 0.25) is 5.91 Å². The number of carbonyl (C=O) groups is 1. The summed E-state index contributed by atoms with van der Waals surface area (Å²) in [5, 5.41) is 21.0. The van der Waals surface area contributed by atoms with Gasteiger partial charge < -0.3 is 15.1 Å². The Morgan fingerprint density at radius 1 is 1.11 bits per heavy atom. The zero-order chi connectivity index (χ0) is 26.9. The number of aliphatic hydroxyl groups excluding tert-OH is 1. The predicted molar refractivity (Wildman–Crippen MR) is 149 cm³/mol. The lowest BCUT2D eigenvalue weighted by atomic mass is 9.51. The van der Waals surface area contributed by atoms with Crippen LogP contribution in [0.1, 0.15) is 87.8 Å². The smallest absolute Gasteiger partial charge is 0.222 e. The number of unbranched alkanes of at least 4 members (excludes halogenated alkanes) is 2. The van der Waals surface area contributed by atoms with E-state index in [0.29, 0.717) is 31.2 Å². The number of hydrogen-bond acceptors (Lipinski definition) is 3. The van der Waals surface area contributed by atoms with Crippen molar-refractivity contribution in [1.29, 1.82) is 0 Å². The van der Waals surface area contributed by atoms with Gasteiger partial charge in [0, 0.05) is 25.4 Å². The standard InChI is InChI=1S/C33H44FNO3/c1-3-30(38)35(21-22-10-6-4-7-11-22)17-9-5-8-12-23-18-24-19-25(36)13-14-26(24)32-28(34)20-33(2)27(31(23)32)15-16-29(33)37/h4,6-7,10-11,13-14,19,23,27-29,31-32,36-37H,3,5,8-9,12,15-18,20-21H2,1-2H3/t23-,27+,28+,29+,31+,32+,33+/m1/s1. The molecule has 2 saturated carbocycles. The van der Waals surface area contributed by atoms with E-state index in [1.807, 2.05) is 42.2 Å². The molecule has 2 aromatic carbocycles. The van der Waals surface area contributed by atoms with Crippen LogP contribution in [-0.2, 0) is 17.8 Å². The number of carbonyl (C=O) groups excluding carboxylic acids is 1. The van der Waals surface area contributed by atoms with E-state index in [1.54, 1.807) is 6.07 Å². The van der Waals surface area contributed by atoms with Gasteiger partial charge in [-0.15, -0.1) is 0 Å². The number of nitrogens with zero attached hydrogens (tertiary/aromatic N) is 1. The Kier molecular flexibility index (Phi) is 8.14. The van der Waals surface area contributed by atoms with Gasteiger partial charge in [0.05, 0.1) is 6.10 Å². The number of fused-ring (bicyclic) bond motifs is 5. The summed E-state index contributed by atoms with van der Waals surface area (Å²) in [6, 6.07) is 15.7. The number of benzene rings is 2. The van der Waals surface area contributed by atoms with Crippen LogP contribution in [0.15, 0.2) is 48.5 Å². The summed E-state index contributed by atoms with van der Waals surface area (Å²) in [5.41, 5.74) is 2.99. The van der Waals surface area contributed by atoms with Crippen LogP contribution in [0.3, 0.4) is 0 Å². The molecule has 2 fully saturated rings. The van der Waals surface area contributed by atoms with E-state index in [0.717, 1.165) is 68.2 Å². The van der Waals surface area contributed by atoms with Crippen LogP contribution in [-0.4, -0.2) is 39.8 Å². The van der Waals surface area contributed by atoms with Crippen molar-refractivity contribution in [2.75, 3.05) is 6.54 Å². The molecule has 7 atom stereocenters. The summed E-state index contributed by atoms with van der Waals surface area (Å²) in [4.78, 5) is 14.5. The molecule has 2 N–H and O–H groups in total. The minimum Gasteiger partial charge on any atom is -0.508 e. The van der Waals surface area contributed by atoms with Crippen molar-refractivity contribution < 1.29 is 19.4 Å². The number of amides is 1. The highest BCUT2D eigenvalue weighted by Crippen LogP contribution is 2.63. The number of aliphatic hydroxyl groups is 1. The van der Waals surface area contributed by atoms with Crippen molar-refractivity contribution in [3.05, 3.63) is 65.2 Å². The Bertz CT molecular complexity index is 1110. The maximum Gasteiger partial charge on any atom is 0.222 e. The van der Waals surface area contributed by atoms with Crippen molar-refractivity contribution in [2.45, 2.75) is 96.4 Å². The van der Waals surface area contributed by atoms with E-state index in [4.69, 9.17) is 0 Å². The molecular weight excluding hydrogens is 477 g/mol. The molecule has 4 nitrogen and oxygen atoms in total. The quantitative estimate of drug-likeness (QED) is 0.358. The second-order valence-corrected chi connectivity index (χ2v) is 12.4. The van der Waals surface area contributed by atoms with Crippen molar-refractivity contribution >= 4 is 5.91 Å². The maximum absolute atomic E-state index is 15.9. The Balaban J connectivity index is 1.26. The lowest BCUT2D eigenvalue weighted by Gasteiger charge is -2.54. The summed E-state index contributed by atoms with van der Waals surface area (Å²) < 4.78 is 15.9. The van der Waals surface area contributed by atoms with Gasteiger partial charge in [-0.1, -0.05) is 63.1 Å². The first-order valence-electron chi connectivity index (χ1n) is 14.8. The normalized spacial score (nSPS) is 31.8. The first kappa shape index (κ1) is 27.2. The number of aromatic hydroxyl groups is 1. The molecule has 0 aliphatic heterocycles. The van der Waals surface area contributed by atoms with E-state index in [9.17, 15) is 15.0 Å². The molecule has 2 aromatic rings. The molecule has 3 aliphatic rings. The molecule has 5 heteroatoms. The fourth-order valence-corrected chi connectivity index (χ4v) is 8.24. The minimum atomic E-state index is -0.966. The van der Waals surface area contributed by atoms with E-state index >= 15 is 4.39 Å². The molecule has 1 amide bonds. The zero-order valence-corrected chi connectivity index (χ0v) is 23.0. The van der Waals surface area contributed by atoms with Gasteiger partial charge in [0.25, 0.3) is 0 Å². The summed E-state index contributed by atoms with van der Waals surface area (Å²) in [6.07, 6.45) is 6.24. The van der Waals surface area contributed by atoms with E-state index in [2.05, 4.69) is 19.1 Å². The van der Waals surface area contributed by atoms with E-state index in [1.165, 1.54) is 0 Å². The molecule has 0 bridgehead atoms. The van der Waals surface area contributed by atoms with Crippen molar-refractivity contribution in [1.82, 2.24) is 4.90 Å². The fraction of sp³-hybridized carbons (Fsp3) is 0.606. The van der Waals surface area contributed by atoms with Gasteiger partial charge in [-0.05, 0) is 90.5 Å². The molecule has 38 heavy (non-hydrogen) atoms. The van der Waals surface area contributed by atoms with Crippen LogP contribution in [0.5, 0.6) is 5.75 Å². The Morgan fingerprint density at radius 3 is 2.66 bits per heavy atom. The lowest BCUT2D eigenvalue weighted by Crippen LogP contribution is -2.51. The lowest BCUT2D eigenvalue weighted by molar-refractivity contribution is -0.131. The average Bonchev–Trinajstić information content (AvgIpc) is 3.20. The highest BCUT2D eigenvalue weighted by molar-refractivity contribution is 5.75. The second kappa shape index (κ2) is 11.4. The van der Waals surface area contributed by atoms with Crippen LogP contribution in [0.2, 0.25) is 0 Å². The molecule has 206 valence electrons. The van der Waals surface area contributed by atoms with Gasteiger partial charge in [-0.25, -0.2) is 4.39 Å². The summed E-state index contributed by atoms with van der Waals surface area (Å²) in [5.74, 6) is 1.22. The van der Waals surface area contributed by atoms with Crippen LogP contribution in [0.4, 0.5) is 4.39 Å². The monoisotopic (exact) mass is 521 g/mol. The third-order valence-electron chi connectivity index (χ3n) is 10.1. The van der Waals surface area contributed by atoms with Crippen LogP contribution < -0.4 is 0 Å². The largest absolute Gasteiger partial charge is 0.508 e. The van der Waals surface area contributed by atoms with Gasteiger partial charge in [0.15, 0.2) is 0 Å². The second-order valence-electron chi connectivity index (χ2n) is 12.4. The molecule has 5 rings (SSSR count). The summed E-state index contributed by atoms with van der Waals surface area (Å²) >= 11 is 0. The highest BCUT2D eigenvalue weighted by Gasteiger charge is 2.59. The van der Waals surface area contributed by atoms with Gasteiger partial charge >= 0.3 is 0 Å². The van der Waals surface area contributed by atoms with E-state index in [-0.39, 0.29) is 28.9 Å². The van der Waals surface area contributed by atoms with E-state index < -0.39 is 12.3 Å². The third kappa shape index (κ3) is 5.23. The van der Waals surface area contributed by atoms with Gasteiger partial charge in [0.1, 0.15) is 11.9 Å². The number of phenols is 1. The van der Waals surface area contributed by atoms with Crippen LogP contribution >= 0.6 is 0 Å². The fourth-order valence-electron chi connectivity index (χ4n) is 8.24. The number of rotatable bonds is 9. The van der Waals surface area contributed by atoms with Crippen molar-refractivity contribution in [3.63, 3.8) is 0 Å². The van der Waals surface area contributed by atoms with Crippen molar-refractivity contribution in [3.8, 4) is 5.75 Å². The number of phenolic OH excluding ortho intramolecular Hbond substituents is 1. The first-order chi connectivity index (χ1) is 18.3. The zero-order valence-electron chi connectivity index (χ0n) is 23.0. The Labute approximate surface area is 227 Å². The topological polar surface area (TPSA) is 60.8 Å². The SMILES string of the molecule is CCC(=O)N(CCCCC[C@@H]1Cc2cc(O)ccc2[C@@H]2[C@@H]1[C@@H]1CC[C@H](O)[C@@]1(C)C[C@@H]2F)Cc1ccccc1. The molecule has 0 aromatic heterocycles. The first-order valence-corrected chi connectivity index (χ1v) is 14.8. The minimum absolute atomic E-state index is 0.142. The Hall–Kier alpha value is -2.40. The summed E-state index contributed by atoms with van der Waals surface area (Å²) in [7, 11) is 0. The molecule has 0 spiro atoms. The summed E-state index contributed by atoms with van der Waals surface area (Å²) in [6.45, 7) is 5.45.